The molecule has 0 saturated heterocycles. The maximum Gasteiger partial charge on any atom is 0.284 e. The number of anilines is 1. The van der Waals surface area contributed by atoms with Crippen molar-refractivity contribution in [3.8, 4) is 0 Å². The highest BCUT2D eigenvalue weighted by atomic mass is 28.4. The third kappa shape index (κ3) is 2.97. The van der Waals surface area contributed by atoms with Crippen LogP contribution in [0.2, 0.25) is 18.1 Å². The number of aliphatic hydroxyl groups excluding tert-OH is 1. The van der Waals surface area contributed by atoms with Gasteiger partial charge in [0.15, 0.2) is 22.8 Å². The Kier molecular flexibility index (Phi) is 4.25. The lowest BCUT2D eigenvalue weighted by molar-refractivity contribution is 0.256. The van der Waals surface area contributed by atoms with Gasteiger partial charge in [0.2, 0.25) is 0 Å². The summed E-state index contributed by atoms with van der Waals surface area (Å²) in [6.07, 6.45) is 4.68. The number of hydrogen-bond donors (Lipinski definition) is 2. The monoisotopic (exact) mass is 321 g/mol. The van der Waals surface area contributed by atoms with E-state index in [1.54, 1.807) is 16.9 Å². The minimum Gasteiger partial charge on any atom is -0.466 e. The molecule has 0 spiro atoms. The van der Waals surface area contributed by atoms with Crippen molar-refractivity contribution in [2.24, 2.45) is 0 Å². The van der Waals surface area contributed by atoms with Gasteiger partial charge < -0.3 is 15.4 Å². The number of nitrogen functional groups attached to an aromatic ring is 1. The first-order valence-corrected chi connectivity index (χ1v) is 10.0. The summed E-state index contributed by atoms with van der Waals surface area (Å²) in [6, 6.07) is 0. The van der Waals surface area contributed by atoms with Crippen molar-refractivity contribution in [3.05, 3.63) is 18.2 Å². The van der Waals surface area contributed by atoms with Crippen LogP contribution in [-0.2, 0) is 0 Å². The molecule has 2 rings (SSSR count). The molecule has 0 unspecified atom stereocenters. The van der Waals surface area contributed by atoms with Gasteiger partial charge in [-0.3, -0.25) is 0 Å². The summed E-state index contributed by atoms with van der Waals surface area (Å²) in [5.74, 6) is 0.849. The second-order valence-electron chi connectivity index (χ2n) is 6.63. The zero-order valence-corrected chi connectivity index (χ0v) is 14.7. The Bertz CT molecular complexity index is 703. The van der Waals surface area contributed by atoms with Crippen LogP contribution in [-0.4, -0.2) is 39.7 Å². The minimum atomic E-state index is -2.09. The topological polar surface area (TPSA) is 99.1 Å². The molecule has 0 aliphatic carbocycles. The zero-order chi connectivity index (χ0) is 16.5. The van der Waals surface area contributed by atoms with Crippen LogP contribution in [0.15, 0.2) is 12.4 Å². The first kappa shape index (κ1) is 16.4. The first-order valence-electron chi connectivity index (χ1n) is 7.13. The van der Waals surface area contributed by atoms with Gasteiger partial charge in [0.25, 0.3) is 8.32 Å². The molecule has 0 radical (unpaired) electrons. The van der Waals surface area contributed by atoms with Gasteiger partial charge in [-0.25, -0.2) is 15.0 Å². The Hall–Kier alpha value is -1.93. The van der Waals surface area contributed by atoms with Crippen LogP contribution in [0.5, 0.6) is 0 Å². The molecule has 0 aliphatic heterocycles. The molecular formula is C14H23N5O2Si. The molecule has 0 aliphatic rings. The van der Waals surface area contributed by atoms with E-state index in [0.717, 1.165) is 0 Å². The number of imidazole rings is 1. The standard InChI is InChI=1S/C14H23N5O2Si/c1-14(2,3)22(4,5)21-19-10(7-6-8-20)18-11-12(15)16-9-17-13(11)19/h6-7,9,20H,8H2,1-5H3,(H2,15,16,17)/b7-6+. The SMILES string of the molecule is CC(C)(C)[Si](C)(C)On1c(/C=C/CO)nc2c(N)ncnc21. The van der Waals surface area contributed by atoms with Crippen LogP contribution in [0.4, 0.5) is 5.82 Å². The van der Waals surface area contributed by atoms with E-state index in [1.165, 1.54) is 6.33 Å². The summed E-state index contributed by atoms with van der Waals surface area (Å²) in [5, 5.41) is 9.03. The van der Waals surface area contributed by atoms with Crippen LogP contribution >= 0.6 is 0 Å². The molecule has 2 heterocycles. The van der Waals surface area contributed by atoms with Crippen molar-refractivity contribution in [2.75, 3.05) is 12.3 Å². The molecule has 0 atom stereocenters. The molecular weight excluding hydrogens is 298 g/mol. The van der Waals surface area contributed by atoms with E-state index in [0.29, 0.717) is 22.8 Å². The number of nitrogens with two attached hydrogens (primary N) is 1. The number of aromatic nitrogens is 4. The average molecular weight is 321 g/mol. The number of rotatable bonds is 4. The van der Waals surface area contributed by atoms with Gasteiger partial charge in [0, 0.05) is 0 Å². The summed E-state index contributed by atoms with van der Waals surface area (Å²) in [7, 11) is -2.09. The van der Waals surface area contributed by atoms with E-state index in [4.69, 9.17) is 15.4 Å². The zero-order valence-electron chi connectivity index (χ0n) is 13.7. The Labute approximate surface area is 130 Å². The van der Waals surface area contributed by atoms with Crippen LogP contribution in [0.1, 0.15) is 26.6 Å². The average Bonchev–Trinajstić information content (AvgIpc) is 2.74. The smallest absolute Gasteiger partial charge is 0.284 e. The van der Waals surface area contributed by atoms with Crippen molar-refractivity contribution in [2.45, 2.75) is 38.9 Å². The number of nitrogens with zero attached hydrogens (tertiary/aromatic N) is 4. The lowest BCUT2D eigenvalue weighted by atomic mass is 10.2. The van der Waals surface area contributed by atoms with Crippen molar-refractivity contribution in [1.29, 1.82) is 0 Å². The predicted octanol–water partition coefficient (Wildman–Crippen LogP) is 1.85. The Morgan fingerprint density at radius 3 is 2.64 bits per heavy atom. The van der Waals surface area contributed by atoms with E-state index in [-0.39, 0.29) is 11.6 Å². The van der Waals surface area contributed by atoms with E-state index >= 15 is 0 Å². The molecule has 0 bridgehead atoms. The van der Waals surface area contributed by atoms with E-state index < -0.39 is 8.32 Å². The van der Waals surface area contributed by atoms with Crippen molar-refractivity contribution >= 4 is 31.4 Å². The highest BCUT2D eigenvalue weighted by molar-refractivity contribution is 6.74. The highest BCUT2D eigenvalue weighted by Gasteiger charge is 2.41. The maximum absolute atomic E-state index is 9.00. The predicted molar refractivity (Wildman–Crippen MR) is 89.6 cm³/mol. The Morgan fingerprint density at radius 2 is 2.05 bits per heavy atom. The molecule has 8 heteroatoms. The van der Waals surface area contributed by atoms with Crippen LogP contribution < -0.4 is 10.3 Å². The molecule has 0 saturated carbocycles. The fourth-order valence-electron chi connectivity index (χ4n) is 1.63. The Balaban J connectivity index is 2.60. The highest BCUT2D eigenvalue weighted by Crippen LogP contribution is 2.35. The third-order valence-corrected chi connectivity index (χ3v) is 8.21. The summed E-state index contributed by atoms with van der Waals surface area (Å²) in [4.78, 5) is 12.6. The maximum atomic E-state index is 9.00. The molecule has 0 aromatic carbocycles. The molecule has 0 amide bonds. The second kappa shape index (κ2) is 5.69. The molecule has 2 aromatic rings. The van der Waals surface area contributed by atoms with E-state index in [9.17, 15) is 0 Å². The summed E-state index contributed by atoms with van der Waals surface area (Å²) in [6.45, 7) is 10.7. The largest absolute Gasteiger partial charge is 0.466 e. The van der Waals surface area contributed by atoms with Gasteiger partial charge in [-0.1, -0.05) is 26.8 Å². The van der Waals surface area contributed by atoms with Gasteiger partial charge >= 0.3 is 0 Å². The molecule has 7 nitrogen and oxygen atoms in total. The molecule has 3 N–H and O–H groups in total. The molecule has 2 aromatic heterocycles. The van der Waals surface area contributed by atoms with Crippen LogP contribution in [0.3, 0.4) is 0 Å². The van der Waals surface area contributed by atoms with Gasteiger partial charge in [0.05, 0.1) is 6.61 Å². The molecule has 22 heavy (non-hydrogen) atoms. The van der Waals surface area contributed by atoms with Crippen molar-refractivity contribution < 1.29 is 9.63 Å². The van der Waals surface area contributed by atoms with Crippen LogP contribution in [0, 0.1) is 0 Å². The lowest BCUT2D eigenvalue weighted by Gasteiger charge is -2.35. The normalized spacial score (nSPS) is 13.2. The van der Waals surface area contributed by atoms with Crippen molar-refractivity contribution in [1.82, 2.24) is 19.7 Å². The van der Waals surface area contributed by atoms with Crippen molar-refractivity contribution in [3.63, 3.8) is 0 Å². The van der Waals surface area contributed by atoms with Gasteiger partial charge in [-0.2, -0.15) is 4.73 Å². The molecule has 120 valence electrons. The quantitative estimate of drug-likeness (QED) is 0.834. The Morgan fingerprint density at radius 1 is 1.36 bits per heavy atom. The summed E-state index contributed by atoms with van der Waals surface area (Å²) in [5.41, 5.74) is 6.91. The number of aliphatic hydroxyl groups is 1. The van der Waals surface area contributed by atoms with Gasteiger partial charge in [0.1, 0.15) is 6.33 Å². The van der Waals surface area contributed by atoms with E-state index in [2.05, 4.69) is 48.8 Å². The third-order valence-electron chi connectivity index (χ3n) is 3.96. The fraction of sp³-hybridized carbons (Fsp3) is 0.500. The number of fused-ring (bicyclic) bond motifs is 1. The molecule has 0 fully saturated rings. The van der Waals surface area contributed by atoms with Crippen LogP contribution in [0.25, 0.3) is 17.2 Å². The van der Waals surface area contributed by atoms with E-state index in [1.807, 2.05) is 0 Å². The lowest BCUT2D eigenvalue weighted by Crippen LogP contribution is -2.48. The fourth-order valence-corrected chi connectivity index (χ4v) is 2.54. The van der Waals surface area contributed by atoms with Gasteiger partial charge in [-0.15, -0.1) is 0 Å². The second-order valence-corrected chi connectivity index (χ2v) is 11.3. The minimum absolute atomic E-state index is 0.0279. The summed E-state index contributed by atoms with van der Waals surface area (Å²) >= 11 is 0. The number of hydrogen-bond acceptors (Lipinski definition) is 6. The summed E-state index contributed by atoms with van der Waals surface area (Å²) < 4.78 is 7.93. The first-order chi connectivity index (χ1) is 10.2. The van der Waals surface area contributed by atoms with Gasteiger partial charge in [-0.05, 0) is 24.2 Å².